The average molecular weight is 274 g/mol. The highest BCUT2D eigenvalue weighted by Crippen LogP contribution is 2.35. The van der Waals surface area contributed by atoms with Crippen LogP contribution in [0.3, 0.4) is 0 Å². The van der Waals surface area contributed by atoms with Crippen LogP contribution in [-0.4, -0.2) is 39.9 Å². The highest BCUT2D eigenvalue weighted by Gasteiger charge is 2.37. The molecule has 0 aliphatic carbocycles. The molecule has 0 spiro atoms. The van der Waals surface area contributed by atoms with Gasteiger partial charge >= 0.3 is 0 Å². The lowest BCUT2D eigenvalue weighted by molar-refractivity contribution is 0.152. The predicted molar refractivity (Wildman–Crippen MR) is 83.3 cm³/mol. The van der Waals surface area contributed by atoms with Crippen LogP contribution in [-0.2, 0) is 11.2 Å². The fourth-order valence-electron chi connectivity index (χ4n) is 3.81. The van der Waals surface area contributed by atoms with Gasteiger partial charge in [0.15, 0.2) is 0 Å². The van der Waals surface area contributed by atoms with Crippen LogP contribution in [0.25, 0.3) is 0 Å². The van der Waals surface area contributed by atoms with Crippen molar-refractivity contribution in [3.8, 4) is 0 Å². The van der Waals surface area contributed by atoms with Crippen LogP contribution in [0.2, 0.25) is 0 Å². The second-order valence-corrected chi connectivity index (χ2v) is 6.65. The number of para-hydroxylation sites is 1. The molecule has 1 aromatic carbocycles. The van der Waals surface area contributed by atoms with Crippen molar-refractivity contribution in [3.63, 3.8) is 0 Å². The van der Waals surface area contributed by atoms with E-state index in [1.165, 1.54) is 30.6 Å². The Bertz CT molecular complexity index is 454. The summed E-state index contributed by atoms with van der Waals surface area (Å²) < 4.78 is 5.70. The molecule has 3 nitrogen and oxygen atoms in total. The molecule has 0 aromatic heterocycles. The summed E-state index contributed by atoms with van der Waals surface area (Å²) in [5, 5.41) is 3.37. The smallest absolute Gasteiger partial charge is 0.0552 e. The highest BCUT2D eigenvalue weighted by atomic mass is 16.5. The first-order valence-corrected chi connectivity index (χ1v) is 7.78. The third-order valence-electron chi connectivity index (χ3n) is 4.70. The summed E-state index contributed by atoms with van der Waals surface area (Å²) in [6, 6.07) is 8.90. The summed E-state index contributed by atoms with van der Waals surface area (Å²) in [5.74, 6) is 0.735. The maximum atomic E-state index is 5.70. The van der Waals surface area contributed by atoms with Gasteiger partial charge in [-0.2, -0.15) is 0 Å². The van der Waals surface area contributed by atoms with Gasteiger partial charge < -0.3 is 15.0 Å². The van der Waals surface area contributed by atoms with E-state index in [1.807, 2.05) is 7.05 Å². The first-order valence-electron chi connectivity index (χ1n) is 7.78. The molecule has 2 atom stereocenters. The molecular weight excluding hydrogens is 248 g/mol. The van der Waals surface area contributed by atoms with Gasteiger partial charge in [-0.05, 0) is 37.4 Å². The zero-order valence-corrected chi connectivity index (χ0v) is 12.7. The minimum Gasteiger partial charge on any atom is -0.381 e. The zero-order valence-electron chi connectivity index (χ0n) is 12.7. The van der Waals surface area contributed by atoms with Crippen molar-refractivity contribution in [1.29, 1.82) is 0 Å². The van der Waals surface area contributed by atoms with Gasteiger partial charge in [0.2, 0.25) is 0 Å². The lowest BCUT2D eigenvalue weighted by Gasteiger charge is -2.40. The Balaban J connectivity index is 1.83. The van der Waals surface area contributed by atoms with Crippen LogP contribution in [0.15, 0.2) is 24.3 Å². The molecule has 2 unspecified atom stereocenters. The van der Waals surface area contributed by atoms with Gasteiger partial charge in [0, 0.05) is 37.3 Å². The number of hydrogen-bond donors (Lipinski definition) is 1. The largest absolute Gasteiger partial charge is 0.381 e. The Kier molecular flexibility index (Phi) is 3.99. The van der Waals surface area contributed by atoms with Crippen molar-refractivity contribution in [1.82, 2.24) is 5.32 Å². The standard InChI is InChI=1S/C17H26N2O/c1-14-9-15-5-3-4-6-16(15)19(10-14)12-17(11-18-2)7-8-20-13-17/h3-6,14,18H,7-13H2,1-2H3. The molecule has 110 valence electrons. The fourth-order valence-corrected chi connectivity index (χ4v) is 3.81. The number of nitrogens with one attached hydrogen (secondary N) is 1. The van der Waals surface area contributed by atoms with Crippen LogP contribution in [0.1, 0.15) is 18.9 Å². The van der Waals surface area contributed by atoms with Crippen LogP contribution in [0.5, 0.6) is 0 Å². The van der Waals surface area contributed by atoms with Crippen LogP contribution >= 0.6 is 0 Å². The van der Waals surface area contributed by atoms with E-state index in [9.17, 15) is 0 Å². The van der Waals surface area contributed by atoms with E-state index in [-0.39, 0.29) is 5.41 Å². The summed E-state index contributed by atoms with van der Waals surface area (Å²) in [5.41, 5.74) is 3.22. The maximum Gasteiger partial charge on any atom is 0.0552 e. The first-order chi connectivity index (χ1) is 9.72. The van der Waals surface area contributed by atoms with Crippen LogP contribution in [0, 0.1) is 11.3 Å². The van der Waals surface area contributed by atoms with Gasteiger partial charge in [-0.3, -0.25) is 0 Å². The van der Waals surface area contributed by atoms with Gasteiger partial charge in [-0.25, -0.2) is 0 Å². The molecule has 1 aromatic rings. The van der Waals surface area contributed by atoms with Gasteiger partial charge in [-0.1, -0.05) is 25.1 Å². The third-order valence-corrected chi connectivity index (χ3v) is 4.70. The summed E-state index contributed by atoms with van der Waals surface area (Å²) in [7, 11) is 2.05. The van der Waals surface area contributed by atoms with E-state index in [0.717, 1.165) is 32.2 Å². The zero-order chi connectivity index (χ0) is 14.0. The molecular formula is C17H26N2O. The molecule has 2 heterocycles. The molecule has 0 saturated carbocycles. The van der Waals surface area contributed by atoms with E-state index in [4.69, 9.17) is 4.74 Å². The molecule has 0 radical (unpaired) electrons. The van der Waals surface area contributed by atoms with Crippen molar-refractivity contribution >= 4 is 5.69 Å². The number of ether oxygens (including phenoxy) is 1. The topological polar surface area (TPSA) is 24.5 Å². The van der Waals surface area contributed by atoms with Crippen molar-refractivity contribution < 1.29 is 4.74 Å². The Morgan fingerprint density at radius 3 is 3.00 bits per heavy atom. The number of fused-ring (bicyclic) bond motifs is 1. The third kappa shape index (κ3) is 2.70. The minimum atomic E-state index is 0.277. The molecule has 0 bridgehead atoms. The number of rotatable bonds is 4. The summed E-state index contributed by atoms with van der Waals surface area (Å²) >= 11 is 0. The Hall–Kier alpha value is -1.06. The molecule has 2 aliphatic heterocycles. The van der Waals surface area contributed by atoms with Gasteiger partial charge in [0.1, 0.15) is 0 Å². The quantitative estimate of drug-likeness (QED) is 0.912. The molecule has 3 rings (SSSR count). The highest BCUT2D eigenvalue weighted by molar-refractivity contribution is 5.56. The molecule has 20 heavy (non-hydrogen) atoms. The van der Waals surface area contributed by atoms with Gasteiger partial charge in [0.25, 0.3) is 0 Å². The van der Waals surface area contributed by atoms with Crippen LogP contribution < -0.4 is 10.2 Å². The van der Waals surface area contributed by atoms with E-state index >= 15 is 0 Å². The van der Waals surface area contributed by atoms with Crippen molar-refractivity contribution in [2.45, 2.75) is 19.8 Å². The number of benzene rings is 1. The average Bonchev–Trinajstić information content (AvgIpc) is 2.87. The summed E-state index contributed by atoms with van der Waals surface area (Å²) in [6.45, 7) is 7.48. The van der Waals surface area contributed by atoms with Crippen molar-refractivity contribution in [2.75, 3.05) is 44.8 Å². The Morgan fingerprint density at radius 1 is 1.40 bits per heavy atom. The molecule has 1 fully saturated rings. The van der Waals surface area contributed by atoms with E-state index in [2.05, 4.69) is 41.4 Å². The van der Waals surface area contributed by atoms with E-state index < -0.39 is 0 Å². The monoisotopic (exact) mass is 274 g/mol. The van der Waals surface area contributed by atoms with Crippen molar-refractivity contribution in [3.05, 3.63) is 29.8 Å². The lowest BCUT2D eigenvalue weighted by Crippen LogP contribution is -2.47. The Labute approximate surface area is 122 Å². The normalized spacial score (nSPS) is 29.5. The number of hydrogen-bond acceptors (Lipinski definition) is 3. The van der Waals surface area contributed by atoms with Gasteiger partial charge in [0.05, 0.1) is 6.61 Å². The fraction of sp³-hybridized carbons (Fsp3) is 0.647. The summed E-state index contributed by atoms with van der Waals surface area (Å²) in [6.07, 6.45) is 2.38. The SMILES string of the molecule is CNCC1(CN2CC(C)Cc3ccccc32)CCOC1. The first kappa shape index (κ1) is 13.9. The second kappa shape index (κ2) is 5.74. The van der Waals surface area contributed by atoms with Crippen LogP contribution in [0.4, 0.5) is 5.69 Å². The predicted octanol–water partition coefficient (Wildman–Crippen LogP) is 2.31. The van der Waals surface area contributed by atoms with Crippen molar-refractivity contribution in [2.24, 2.45) is 11.3 Å². The maximum absolute atomic E-state index is 5.70. The molecule has 0 amide bonds. The van der Waals surface area contributed by atoms with E-state index in [1.54, 1.807) is 0 Å². The van der Waals surface area contributed by atoms with Gasteiger partial charge in [-0.15, -0.1) is 0 Å². The number of nitrogens with zero attached hydrogens (tertiary/aromatic N) is 1. The molecule has 3 heteroatoms. The summed E-state index contributed by atoms with van der Waals surface area (Å²) in [4.78, 5) is 2.59. The molecule has 1 N–H and O–H groups in total. The molecule has 1 saturated heterocycles. The van der Waals surface area contributed by atoms with E-state index in [0.29, 0.717) is 0 Å². The second-order valence-electron chi connectivity index (χ2n) is 6.65. The molecule has 2 aliphatic rings. The lowest BCUT2D eigenvalue weighted by atomic mass is 9.84. The minimum absolute atomic E-state index is 0.277. The number of anilines is 1. The Morgan fingerprint density at radius 2 is 2.25 bits per heavy atom.